The molecule has 7 aliphatic rings. The fourth-order valence-electron chi connectivity index (χ4n) is 13.6. The summed E-state index contributed by atoms with van der Waals surface area (Å²) in [6.07, 6.45) is 7.97. The first kappa shape index (κ1) is 33.1. The van der Waals surface area contributed by atoms with E-state index >= 15 is 0 Å². The summed E-state index contributed by atoms with van der Waals surface area (Å²) in [7, 11) is 1.73. The quantitative estimate of drug-likeness (QED) is 0.434. The van der Waals surface area contributed by atoms with Crippen molar-refractivity contribution in [3.05, 3.63) is 0 Å². The number of ether oxygens (including phenoxy) is 3. The van der Waals surface area contributed by atoms with E-state index in [4.69, 9.17) is 19.9 Å². The zero-order valence-corrected chi connectivity index (χ0v) is 29.7. The van der Waals surface area contributed by atoms with E-state index in [9.17, 15) is 14.7 Å². The summed E-state index contributed by atoms with van der Waals surface area (Å²) in [5.41, 5.74) is 5.94. The average Bonchev–Trinajstić information content (AvgIpc) is 3.63. The number of aliphatic hydroxyl groups is 1. The smallest absolute Gasteiger partial charge is 0.314 e. The first-order chi connectivity index (χ1) is 21.5. The van der Waals surface area contributed by atoms with Crippen molar-refractivity contribution in [1.29, 1.82) is 0 Å². The highest BCUT2D eigenvalue weighted by molar-refractivity contribution is 5.78. The van der Waals surface area contributed by atoms with Gasteiger partial charge in [-0.25, -0.2) is 4.79 Å². The van der Waals surface area contributed by atoms with Gasteiger partial charge in [-0.15, -0.1) is 0 Å². The van der Waals surface area contributed by atoms with Crippen LogP contribution >= 0.6 is 0 Å². The number of fused-ring (bicyclic) bond motifs is 4. The molecule has 13 atom stereocenters. The minimum absolute atomic E-state index is 0.00164. The Bertz CT molecular complexity index is 1240. The number of rotatable bonds is 5. The second kappa shape index (κ2) is 10.8. The van der Waals surface area contributed by atoms with E-state index in [-0.39, 0.29) is 58.1 Å². The number of primary amides is 1. The predicted molar refractivity (Wildman–Crippen MR) is 174 cm³/mol. The van der Waals surface area contributed by atoms with Crippen LogP contribution in [0.4, 0.5) is 4.79 Å². The summed E-state index contributed by atoms with van der Waals surface area (Å²) in [5, 5.41) is 12.4. The van der Waals surface area contributed by atoms with Crippen LogP contribution in [0.25, 0.3) is 0 Å². The maximum absolute atomic E-state index is 12.7. The Balaban J connectivity index is 1.10. The highest BCUT2D eigenvalue weighted by Crippen LogP contribution is 2.89. The van der Waals surface area contributed by atoms with Gasteiger partial charge in [0.25, 0.3) is 0 Å². The molecule has 2 aliphatic heterocycles. The Labute approximate surface area is 276 Å². The molecule has 2 spiro atoms. The lowest BCUT2D eigenvalue weighted by Crippen LogP contribution is -2.60. The standard InChI is InChI=1S/C37H61N3O6/c1-21(2)31(42)40-15-16-44-27(19-40)46-26-11-12-36-20-37(36)14-13-34(6)28-22(3)17-23(18-39(8)32(38)43)45-29(28)30(41)35(34,7)25(37)10-9-24(36)33(26,4)5/h21-30,41H,9-20H2,1-8H3,(H2,38,43)/t22-,23?,24+,25?,26+,27+,28?,29?,30+,34-,35-,36-,37+/m1/s1. The van der Waals surface area contributed by atoms with Gasteiger partial charge in [-0.2, -0.15) is 0 Å². The van der Waals surface area contributed by atoms with E-state index < -0.39 is 12.1 Å². The van der Waals surface area contributed by atoms with Crippen LogP contribution in [-0.4, -0.2) is 90.8 Å². The lowest BCUT2D eigenvalue weighted by molar-refractivity contribution is -0.248. The zero-order valence-electron chi connectivity index (χ0n) is 29.7. The van der Waals surface area contributed by atoms with Gasteiger partial charge >= 0.3 is 6.03 Å². The van der Waals surface area contributed by atoms with Crippen molar-refractivity contribution in [3.63, 3.8) is 0 Å². The summed E-state index contributed by atoms with van der Waals surface area (Å²) in [5.74, 6) is 1.92. The largest absolute Gasteiger partial charge is 0.390 e. The molecule has 2 heterocycles. The SMILES string of the molecule is CC(C)C(=O)N1CCO[C@@H](O[C@H]2CC[C@]34C[C@]35CC[C@]3(C)C6C(OC(CN(C)C(N)=O)C[C@H]6C)[C@H](O)[C@@]3(C)C5CC[C@H]4C2(C)C)C1. The van der Waals surface area contributed by atoms with Crippen LogP contribution in [0, 0.1) is 56.7 Å². The van der Waals surface area contributed by atoms with E-state index in [0.29, 0.717) is 55.3 Å². The van der Waals surface area contributed by atoms with Gasteiger partial charge in [0.1, 0.15) is 0 Å². The van der Waals surface area contributed by atoms with Crippen LogP contribution in [0.1, 0.15) is 99.8 Å². The normalized spacial score (nSPS) is 50.5. The van der Waals surface area contributed by atoms with Crippen molar-refractivity contribution >= 4 is 11.9 Å². The molecule has 0 aromatic rings. The molecule has 5 saturated carbocycles. The molecule has 3 N–H and O–H groups in total. The van der Waals surface area contributed by atoms with Gasteiger partial charge in [0.2, 0.25) is 5.91 Å². The summed E-state index contributed by atoms with van der Waals surface area (Å²) in [4.78, 5) is 28.0. The van der Waals surface area contributed by atoms with Gasteiger partial charge in [0.15, 0.2) is 6.29 Å². The van der Waals surface area contributed by atoms with E-state index in [2.05, 4.69) is 34.6 Å². The number of carbonyl (C=O) groups excluding carboxylic acids is 2. The van der Waals surface area contributed by atoms with Gasteiger partial charge in [0, 0.05) is 31.5 Å². The van der Waals surface area contributed by atoms with Crippen molar-refractivity contribution in [2.45, 2.75) is 131 Å². The second-order valence-electron chi connectivity index (χ2n) is 18.2. The molecule has 3 amide bonds. The fraction of sp³-hybridized carbons (Fsp3) is 0.946. The van der Waals surface area contributed by atoms with Crippen molar-refractivity contribution in [3.8, 4) is 0 Å². The summed E-state index contributed by atoms with van der Waals surface area (Å²) < 4.78 is 19.7. The molecule has 0 aromatic heterocycles. The molecular formula is C37H61N3O6. The number of urea groups is 1. The van der Waals surface area contributed by atoms with Crippen molar-refractivity contribution < 1.29 is 28.9 Å². The molecule has 260 valence electrons. The van der Waals surface area contributed by atoms with Crippen molar-refractivity contribution in [1.82, 2.24) is 9.80 Å². The van der Waals surface area contributed by atoms with E-state index in [1.165, 1.54) is 25.7 Å². The van der Waals surface area contributed by atoms with Gasteiger partial charge in [-0.3, -0.25) is 4.79 Å². The molecular weight excluding hydrogens is 582 g/mol. The number of amides is 3. The summed E-state index contributed by atoms with van der Waals surface area (Å²) in [6.45, 7) is 18.2. The minimum atomic E-state index is -0.518. The van der Waals surface area contributed by atoms with Gasteiger partial charge < -0.3 is 34.9 Å². The first-order valence-electron chi connectivity index (χ1n) is 18.4. The molecule has 0 aromatic carbocycles. The maximum atomic E-state index is 12.7. The monoisotopic (exact) mass is 643 g/mol. The molecule has 46 heavy (non-hydrogen) atoms. The highest BCUT2D eigenvalue weighted by atomic mass is 16.7. The number of likely N-dealkylation sites (N-methyl/N-ethyl adjacent to an activating group) is 1. The topological polar surface area (TPSA) is 115 Å². The number of nitrogens with zero attached hydrogens (tertiary/aromatic N) is 2. The van der Waals surface area contributed by atoms with Gasteiger partial charge in [-0.05, 0) is 96.7 Å². The van der Waals surface area contributed by atoms with Crippen molar-refractivity contribution in [2.75, 3.05) is 33.3 Å². The first-order valence-corrected chi connectivity index (χ1v) is 18.4. The van der Waals surface area contributed by atoms with E-state index in [1.54, 1.807) is 11.9 Å². The second-order valence-corrected chi connectivity index (χ2v) is 18.2. The average molecular weight is 644 g/mol. The molecule has 9 heteroatoms. The Kier molecular flexibility index (Phi) is 7.76. The lowest BCUT2D eigenvalue weighted by atomic mass is 9.41. The van der Waals surface area contributed by atoms with E-state index in [1.807, 2.05) is 18.7 Å². The molecule has 7 fully saturated rings. The third-order valence-electron chi connectivity index (χ3n) is 15.8. The Morgan fingerprint density at radius 3 is 2.46 bits per heavy atom. The van der Waals surface area contributed by atoms with Gasteiger partial charge in [0.05, 0.1) is 37.6 Å². The summed E-state index contributed by atoms with van der Waals surface area (Å²) in [6, 6.07) is -0.437. The van der Waals surface area contributed by atoms with Gasteiger partial charge in [-0.1, -0.05) is 48.5 Å². The third-order valence-corrected chi connectivity index (χ3v) is 15.8. The molecule has 5 aliphatic carbocycles. The lowest BCUT2D eigenvalue weighted by Gasteiger charge is -2.64. The molecule has 0 radical (unpaired) electrons. The highest BCUT2D eigenvalue weighted by Gasteiger charge is 2.84. The molecule has 7 rings (SSSR count). The molecule has 0 bridgehead atoms. The maximum Gasteiger partial charge on any atom is 0.314 e. The van der Waals surface area contributed by atoms with E-state index in [0.717, 1.165) is 25.7 Å². The molecule has 9 nitrogen and oxygen atoms in total. The van der Waals surface area contributed by atoms with Crippen LogP contribution in [0.2, 0.25) is 0 Å². The zero-order chi connectivity index (χ0) is 33.2. The fourth-order valence-corrected chi connectivity index (χ4v) is 13.6. The van der Waals surface area contributed by atoms with Crippen LogP contribution in [0.3, 0.4) is 0 Å². The van der Waals surface area contributed by atoms with Crippen LogP contribution in [-0.2, 0) is 19.0 Å². The van der Waals surface area contributed by atoms with Crippen LogP contribution in [0.5, 0.6) is 0 Å². The number of morpholine rings is 1. The number of carbonyl (C=O) groups is 2. The third kappa shape index (κ3) is 4.32. The Morgan fingerprint density at radius 2 is 1.76 bits per heavy atom. The minimum Gasteiger partial charge on any atom is -0.390 e. The number of hydrogen-bond acceptors (Lipinski definition) is 6. The van der Waals surface area contributed by atoms with Crippen LogP contribution < -0.4 is 5.73 Å². The number of hydrogen-bond donors (Lipinski definition) is 2. The Hall–Kier alpha value is -1.42. The van der Waals surface area contributed by atoms with Crippen LogP contribution in [0.15, 0.2) is 0 Å². The number of nitrogens with two attached hydrogens (primary N) is 1. The Morgan fingerprint density at radius 1 is 1.07 bits per heavy atom. The molecule has 2 saturated heterocycles. The summed E-state index contributed by atoms with van der Waals surface area (Å²) >= 11 is 0. The van der Waals surface area contributed by atoms with Crippen molar-refractivity contribution in [2.24, 2.45) is 62.4 Å². The predicted octanol–water partition coefficient (Wildman–Crippen LogP) is 5.04. The molecule has 4 unspecified atom stereocenters. The number of aliphatic hydroxyl groups excluding tert-OH is 1.